The molecule has 0 aliphatic carbocycles. The van der Waals surface area contributed by atoms with Crippen LogP contribution < -0.4 is 10.1 Å². The van der Waals surface area contributed by atoms with Crippen LogP contribution in [0.15, 0.2) is 54.9 Å². The number of benzene rings is 2. The summed E-state index contributed by atoms with van der Waals surface area (Å²) in [6, 6.07) is 12.8. The summed E-state index contributed by atoms with van der Waals surface area (Å²) in [6.07, 6.45) is 3.87. The van der Waals surface area contributed by atoms with Crippen LogP contribution in [-0.2, 0) is 6.54 Å². The fourth-order valence-electron chi connectivity index (χ4n) is 2.63. The minimum Gasteiger partial charge on any atom is -0.493 e. The van der Waals surface area contributed by atoms with Crippen molar-refractivity contribution < 1.29 is 9.13 Å². The molecule has 4 heteroatoms. The molecule has 0 saturated carbocycles. The molecule has 1 N–H and O–H groups in total. The zero-order chi connectivity index (χ0) is 15.4. The summed E-state index contributed by atoms with van der Waals surface area (Å²) in [4.78, 5) is 2.10. The van der Waals surface area contributed by atoms with Gasteiger partial charge < -0.3 is 15.0 Å². The largest absolute Gasteiger partial charge is 0.493 e. The molecule has 3 nitrogen and oxygen atoms in total. The highest BCUT2D eigenvalue weighted by molar-refractivity contribution is 5.73. The van der Waals surface area contributed by atoms with Gasteiger partial charge in [-0.3, -0.25) is 0 Å². The standard InChI is InChI=1S/C18H19FN2O/c1-2-22-18-6-4-3-5-17(18)16-8-7-15(19)11-14(16)12-21-10-9-20-13-21/h3-11,20H,2,12-13H2,1H3. The summed E-state index contributed by atoms with van der Waals surface area (Å²) in [5.41, 5.74) is 2.95. The van der Waals surface area contributed by atoms with E-state index in [-0.39, 0.29) is 5.82 Å². The van der Waals surface area contributed by atoms with E-state index >= 15 is 0 Å². The molecule has 22 heavy (non-hydrogen) atoms. The average Bonchev–Trinajstić information content (AvgIpc) is 3.02. The Hall–Kier alpha value is -2.49. The Labute approximate surface area is 130 Å². The number of ether oxygens (including phenoxy) is 1. The van der Waals surface area contributed by atoms with E-state index in [2.05, 4.69) is 10.2 Å². The molecule has 2 aromatic carbocycles. The van der Waals surface area contributed by atoms with E-state index in [0.29, 0.717) is 13.2 Å². The Balaban J connectivity index is 2.01. The SMILES string of the molecule is CCOc1ccccc1-c1ccc(F)cc1CN1C=CNC1. The van der Waals surface area contributed by atoms with Crippen LogP contribution in [0.1, 0.15) is 12.5 Å². The molecule has 0 unspecified atom stereocenters. The van der Waals surface area contributed by atoms with Crippen LogP contribution in [0.5, 0.6) is 5.75 Å². The van der Waals surface area contributed by atoms with Crippen LogP contribution in [0.25, 0.3) is 11.1 Å². The first-order valence-corrected chi connectivity index (χ1v) is 7.42. The first kappa shape index (κ1) is 14.4. The minimum absolute atomic E-state index is 0.219. The van der Waals surface area contributed by atoms with Crippen molar-refractivity contribution in [2.75, 3.05) is 13.3 Å². The molecule has 2 aromatic rings. The number of hydrogen-bond acceptors (Lipinski definition) is 3. The van der Waals surface area contributed by atoms with Gasteiger partial charge in [0.25, 0.3) is 0 Å². The van der Waals surface area contributed by atoms with Gasteiger partial charge in [-0.05, 0) is 36.2 Å². The lowest BCUT2D eigenvalue weighted by atomic mass is 9.98. The molecule has 0 saturated heterocycles. The summed E-state index contributed by atoms with van der Waals surface area (Å²) >= 11 is 0. The maximum atomic E-state index is 13.7. The van der Waals surface area contributed by atoms with Gasteiger partial charge >= 0.3 is 0 Å². The summed E-state index contributed by atoms with van der Waals surface area (Å²) in [5, 5.41) is 3.13. The molecular weight excluding hydrogens is 279 g/mol. The lowest BCUT2D eigenvalue weighted by molar-refractivity contribution is 0.341. The molecule has 0 radical (unpaired) electrons. The van der Waals surface area contributed by atoms with Crippen molar-refractivity contribution in [3.63, 3.8) is 0 Å². The van der Waals surface area contributed by atoms with Gasteiger partial charge in [0.1, 0.15) is 11.6 Å². The van der Waals surface area contributed by atoms with Gasteiger partial charge in [-0.15, -0.1) is 0 Å². The monoisotopic (exact) mass is 298 g/mol. The number of halogens is 1. The minimum atomic E-state index is -0.219. The topological polar surface area (TPSA) is 24.5 Å². The van der Waals surface area contributed by atoms with Crippen LogP contribution in [-0.4, -0.2) is 18.2 Å². The normalized spacial score (nSPS) is 13.3. The Morgan fingerprint density at radius 3 is 2.82 bits per heavy atom. The predicted octanol–water partition coefficient (Wildman–Crippen LogP) is 3.73. The molecule has 0 spiro atoms. The first-order valence-electron chi connectivity index (χ1n) is 7.42. The number of hydrogen-bond donors (Lipinski definition) is 1. The molecule has 0 fully saturated rings. The summed E-state index contributed by atoms with van der Waals surface area (Å²) < 4.78 is 19.4. The van der Waals surface area contributed by atoms with E-state index < -0.39 is 0 Å². The van der Waals surface area contributed by atoms with E-state index in [1.807, 2.05) is 49.7 Å². The second-order valence-corrected chi connectivity index (χ2v) is 5.16. The van der Waals surface area contributed by atoms with Gasteiger partial charge in [0.15, 0.2) is 0 Å². The molecule has 3 rings (SSSR count). The van der Waals surface area contributed by atoms with Crippen molar-refractivity contribution in [2.45, 2.75) is 13.5 Å². The fraction of sp³-hybridized carbons (Fsp3) is 0.222. The van der Waals surface area contributed by atoms with Gasteiger partial charge in [0, 0.05) is 24.5 Å². The Bertz CT molecular complexity index is 685. The summed E-state index contributed by atoms with van der Waals surface area (Å²) in [5.74, 6) is 0.608. The number of rotatable bonds is 5. The van der Waals surface area contributed by atoms with Crippen LogP contribution in [0.2, 0.25) is 0 Å². The van der Waals surface area contributed by atoms with Gasteiger partial charge in [-0.25, -0.2) is 4.39 Å². The fourth-order valence-corrected chi connectivity index (χ4v) is 2.63. The van der Waals surface area contributed by atoms with E-state index in [1.165, 1.54) is 6.07 Å². The molecule has 1 aliphatic heterocycles. The van der Waals surface area contributed by atoms with Crippen LogP contribution in [0.3, 0.4) is 0 Å². The van der Waals surface area contributed by atoms with Gasteiger partial charge in [0.2, 0.25) is 0 Å². The highest BCUT2D eigenvalue weighted by atomic mass is 19.1. The molecule has 1 heterocycles. The number of para-hydroxylation sites is 1. The second-order valence-electron chi connectivity index (χ2n) is 5.16. The van der Waals surface area contributed by atoms with Crippen LogP contribution in [0, 0.1) is 5.82 Å². The Kier molecular flexibility index (Phi) is 4.28. The van der Waals surface area contributed by atoms with Crippen molar-refractivity contribution in [3.8, 4) is 16.9 Å². The maximum absolute atomic E-state index is 13.7. The van der Waals surface area contributed by atoms with Crippen molar-refractivity contribution in [1.82, 2.24) is 10.2 Å². The van der Waals surface area contributed by atoms with Gasteiger partial charge in [0.05, 0.1) is 13.3 Å². The molecular formula is C18H19FN2O. The Morgan fingerprint density at radius 2 is 2.05 bits per heavy atom. The summed E-state index contributed by atoms with van der Waals surface area (Å²) in [6.45, 7) is 3.95. The van der Waals surface area contributed by atoms with Crippen molar-refractivity contribution >= 4 is 0 Å². The molecule has 1 aliphatic rings. The third-order valence-electron chi connectivity index (χ3n) is 3.62. The predicted molar refractivity (Wildman–Crippen MR) is 85.7 cm³/mol. The van der Waals surface area contributed by atoms with Gasteiger partial charge in [-0.2, -0.15) is 0 Å². The van der Waals surface area contributed by atoms with Crippen molar-refractivity contribution in [3.05, 3.63) is 66.2 Å². The first-order chi connectivity index (χ1) is 10.8. The van der Waals surface area contributed by atoms with Crippen molar-refractivity contribution in [2.24, 2.45) is 0 Å². The van der Waals surface area contributed by atoms with Crippen LogP contribution in [0.4, 0.5) is 4.39 Å². The Morgan fingerprint density at radius 1 is 1.18 bits per heavy atom. The van der Waals surface area contributed by atoms with E-state index in [9.17, 15) is 4.39 Å². The summed E-state index contributed by atoms with van der Waals surface area (Å²) in [7, 11) is 0. The average molecular weight is 298 g/mol. The zero-order valence-corrected chi connectivity index (χ0v) is 12.6. The molecule has 0 bridgehead atoms. The second kappa shape index (κ2) is 6.52. The van der Waals surface area contributed by atoms with E-state index in [0.717, 1.165) is 29.1 Å². The molecule has 0 atom stereocenters. The van der Waals surface area contributed by atoms with Gasteiger partial charge in [-0.1, -0.05) is 24.3 Å². The molecule has 0 amide bonds. The number of nitrogens with zero attached hydrogens (tertiary/aromatic N) is 1. The zero-order valence-electron chi connectivity index (χ0n) is 12.6. The quantitative estimate of drug-likeness (QED) is 0.910. The van der Waals surface area contributed by atoms with E-state index in [4.69, 9.17) is 4.74 Å². The molecule has 114 valence electrons. The smallest absolute Gasteiger partial charge is 0.127 e. The van der Waals surface area contributed by atoms with Crippen LogP contribution >= 0.6 is 0 Å². The molecule has 0 aromatic heterocycles. The third kappa shape index (κ3) is 3.06. The van der Waals surface area contributed by atoms with Crippen molar-refractivity contribution in [1.29, 1.82) is 0 Å². The lowest BCUT2D eigenvalue weighted by Crippen LogP contribution is -2.20. The van der Waals surface area contributed by atoms with E-state index in [1.54, 1.807) is 6.07 Å². The number of nitrogens with one attached hydrogen (secondary N) is 1. The highest BCUT2D eigenvalue weighted by Crippen LogP contribution is 2.33. The lowest BCUT2D eigenvalue weighted by Gasteiger charge is -2.19. The maximum Gasteiger partial charge on any atom is 0.127 e. The third-order valence-corrected chi connectivity index (χ3v) is 3.62. The highest BCUT2D eigenvalue weighted by Gasteiger charge is 2.14.